The lowest BCUT2D eigenvalue weighted by atomic mass is 9.83. The van der Waals surface area contributed by atoms with Crippen molar-refractivity contribution in [3.05, 3.63) is 86.7 Å². The molecular weight excluding hydrogens is 474 g/mol. The van der Waals surface area contributed by atoms with Gasteiger partial charge in [0.05, 0.1) is 18.7 Å². The van der Waals surface area contributed by atoms with E-state index in [1.54, 1.807) is 12.1 Å². The van der Waals surface area contributed by atoms with Crippen molar-refractivity contribution in [2.24, 2.45) is 5.92 Å². The number of pyridine rings is 1. The van der Waals surface area contributed by atoms with E-state index >= 15 is 0 Å². The van der Waals surface area contributed by atoms with Crippen LogP contribution in [0.3, 0.4) is 0 Å². The van der Waals surface area contributed by atoms with E-state index in [0.717, 1.165) is 68.5 Å². The van der Waals surface area contributed by atoms with Crippen LogP contribution in [0.25, 0.3) is 16.5 Å². The van der Waals surface area contributed by atoms with E-state index in [9.17, 15) is 9.59 Å². The van der Waals surface area contributed by atoms with Crippen LogP contribution in [0.5, 0.6) is 0 Å². The molecular formula is C33H39NO4. The minimum Gasteiger partial charge on any atom is -0.348 e. The lowest BCUT2D eigenvalue weighted by molar-refractivity contribution is -0.182. The van der Waals surface area contributed by atoms with Crippen molar-refractivity contribution in [1.29, 1.82) is 0 Å². The van der Waals surface area contributed by atoms with Crippen molar-refractivity contribution in [1.82, 2.24) is 4.57 Å². The molecule has 1 saturated heterocycles. The van der Waals surface area contributed by atoms with E-state index in [4.69, 9.17) is 9.47 Å². The first kappa shape index (κ1) is 26.6. The average Bonchev–Trinajstić information content (AvgIpc) is 3.33. The fourth-order valence-corrected chi connectivity index (χ4v) is 6.20. The number of carbonyl (C=O) groups excluding carboxylic acids is 1. The Morgan fingerprint density at radius 3 is 2.32 bits per heavy atom. The summed E-state index contributed by atoms with van der Waals surface area (Å²) in [5.74, 6) is 0.572. The predicted octanol–water partition coefficient (Wildman–Crippen LogP) is 6.47. The molecule has 2 heterocycles. The van der Waals surface area contributed by atoms with Gasteiger partial charge in [0.15, 0.2) is 11.6 Å². The van der Waals surface area contributed by atoms with Crippen LogP contribution in [0.15, 0.2) is 53.3 Å². The van der Waals surface area contributed by atoms with Gasteiger partial charge in [0, 0.05) is 37.3 Å². The molecule has 0 atom stereocenters. The third-order valence-electron chi connectivity index (χ3n) is 8.34. The average molecular weight is 514 g/mol. The summed E-state index contributed by atoms with van der Waals surface area (Å²) in [6, 6.07) is 14.5. The molecule has 1 aromatic heterocycles. The number of hydrogen-bond acceptors (Lipinski definition) is 4. The van der Waals surface area contributed by atoms with Gasteiger partial charge in [-0.05, 0) is 92.8 Å². The van der Waals surface area contributed by atoms with Gasteiger partial charge in [-0.3, -0.25) is 9.59 Å². The number of benzene rings is 2. The molecule has 2 fully saturated rings. The van der Waals surface area contributed by atoms with Gasteiger partial charge in [-0.25, -0.2) is 0 Å². The minimum absolute atomic E-state index is 0.116. The first-order valence-electron chi connectivity index (χ1n) is 13.9. The number of aromatic nitrogens is 1. The topological polar surface area (TPSA) is 57.5 Å². The van der Waals surface area contributed by atoms with Crippen molar-refractivity contribution in [2.75, 3.05) is 13.2 Å². The Kier molecular flexibility index (Phi) is 7.69. The summed E-state index contributed by atoms with van der Waals surface area (Å²) in [7, 11) is 0. The Morgan fingerprint density at radius 2 is 1.58 bits per heavy atom. The third kappa shape index (κ3) is 5.69. The number of ether oxygens (including phenoxy) is 2. The Balaban J connectivity index is 0.000000190. The number of ketones is 1. The maximum atomic E-state index is 12.6. The first-order valence-corrected chi connectivity index (χ1v) is 13.9. The van der Waals surface area contributed by atoms with Crippen LogP contribution < -0.4 is 5.56 Å². The van der Waals surface area contributed by atoms with Gasteiger partial charge in [-0.1, -0.05) is 35.9 Å². The summed E-state index contributed by atoms with van der Waals surface area (Å²) in [5.41, 5.74) is 8.15. The molecule has 0 bridgehead atoms. The summed E-state index contributed by atoms with van der Waals surface area (Å²) in [6.07, 6.45) is 7.56. The number of fused-ring (bicyclic) bond motifs is 2. The molecule has 1 spiro atoms. The smallest absolute Gasteiger partial charge is 0.251 e. The van der Waals surface area contributed by atoms with Crippen molar-refractivity contribution < 1.29 is 14.3 Å². The molecule has 38 heavy (non-hydrogen) atoms. The van der Waals surface area contributed by atoms with Crippen molar-refractivity contribution >= 4 is 22.3 Å². The van der Waals surface area contributed by atoms with E-state index in [2.05, 4.69) is 50.2 Å². The monoisotopic (exact) mass is 513 g/mol. The summed E-state index contributed by atoms with van der Waals surface area (Å²) in [5, 5.41) is 1.18. The highest BCUT2D eigenvalue weighted by atomic mass is 16.7. The van der Waals surface area contributed by atoms with Crippen molar-refractivity contribution in [2.45, 2.75) is 78.6 Å². The van der Waals surface area contributed by atoms with E-state index in [0.29, 0.717) is 12.3 Å². The van der Waals surface area contributed by atoms with Crippen LogP contribution >= 0.6 is 0 Å². The largest absolute Gasteiger partial charge is 0.348 e. The van der Waals surface area contributed by atoms with Crippen LogP contribution in [0.2, 0.25) is 0 Å². The molecule has 2 aromatic carbocycles. The van der Waals surface area contributed by atoms with E-state index in [-0.39, 0.29) is 17.1 Å². The van der Waals surface area contributed by atoms with E-state index in [1.165, 1.54) is 27.6 Å². The number of nitrogens with zero attached hydrogens (tertiary/aromatic N) is 1. The highest BCUT2D eigenvalue weighted by molar-refractivity contribution is 6.01. The van der Waals surface area contributed by atoms with Gasteiger partial charge in [0.25, 0.3) is 5.56 Å². The van der Waals surface area contributed by atoms with Crippen molar-refractivity contribution in [3.8, 4) is 0 Å². The molecule has 0 unspecified atom stereocenters. The second kappa shape index (κ2) is 11.0. The van der Waals surface area contributed by atoms with Gasteiger partial charge in [0.2, 0.25) is 0 Å². The van der Waals surface area contributed by atoms with Gasteiger partial charge >= 0.3 is 0 Å². The quantitative estimate of drug-likeness (QED) is 0.403. The predicted molar refractivity (Wildman–Crippen MR) is 152 cm³/mol. The molecule has 0 radical (unpaired) electrons. The summed E-state index contributed by atoms with van der Waals surface area (Å²) < 4.78 is 13.6. The molecule has 2 aliphatic carbocycles. The minimum atomic E-state index is -0.291. The summed E-state index contributed by atoms with van der Waals surface area (Å²) in [4.78, 5) is 23.8. The van der Waals surface area contributed by atoms with Gasteiger partial charge in [-0.15, -0.1) is 0 Å². The Hall–Kier alpha value is -3.02. The standard InChI is InChI=1S/C21H27NO3.C12H12O/c1-15-3-4-18-16(2)14-20(23)22(19(18)13-15)10-7-17-5-8-21(9-6-17)24-11-12-25-21;1-8-3-4-12-9(2)6-11(13)7-10(12)5-8/h3-4,13-14,17H,5-12H2,1-2H3;3-6H,7H2,1-2H3. The second-order valence-electron chi connectivity index (χ2n) is 11.3. The zero-order valence-electron chi connectivity index (χ0n) is 23.1. The SMILES string of the molecule is CC1=CC(=O)Cc2cc(C)ccc21.Cc1ccc2c(C)cc(=O)n(CCC3CCC4(CC3)OCCO4)c2c1. The van der Waals surface area contributed by atoms with Crippen LogP contribution in [-0.2, 0) is 27.2 Å². The molecule has 5 nitrogen and oxygen atoms in total. The Labute approximate surface area is 225 Å². The van der Waals surface area contributed by atoms with Crippen molar-refractivity contribution in [3.63, 3.8) is 0 Å². The normalized spacial score (nSPS) is 18.7. The fraction of sp³-hybridized carbons (Fsp3) is 0.455. The molecule has 5 heteroatoms. The zero-order valence-corrected chi connectivity index (χ0v) is 23.1. The number of rotatable bonds is 3. The van der Waals surface area contributed by atoms with E-state index < -0.39 is 0 Å². The molecule has 0 amide bonds. The van der Waals surface area contributed by atoms with Gasteiger partial charge in [-0.2, -0.15) is 0 Å². The molecule has 3 aliphatic rings. The molecule has 1 saturated carbocycles. The number of allylic oxidation sites excluding steroid dienone is 2. The molecule has 3 aromatic rings. The number of aryl methyl sites for hydroxylation is 4. The zero-order chi connectivity index (χ0) is 26.9. The fourth-order valence-electron chi connectivity index (χ4n) is 6.20. The highest BCUT2D eigenvalue weighted by Gasteiger charge is 2.40. The Morgan fingerprint density at radius 1 is 0.895 bits per heavy atom. The first-order chi connectivity index (χ1) is 18.2. The van der Waals surface area contributed by atoms with Crippen LogP contribution in [-0.4, -0.2) is 29.4 Å². The maximum absolute atomic E-state index is 12.6. The highest BCUT2D eigenvalue weighted by Crippen LogP contribution is 2.39. The van der Waals surface area contributed by atoms with Crippen LogP contribution in [0, 0.1) is 26.7 Å². The Bertz CT molecular complexity index is 1430. The summed E-state index contributed by atoms with van der Waals surface area (Å²) in [6.45, 7) is 10.4. The lowest BCUT2D eigenvalue weighted by Crippen LogP contribution is -2.35. The van der Waals surface area contributed by atoms with Gasteiger partial charge in [0.1, 0.15) is 0 Å². The van der Waals surface area contributed by atoms with E-state index in [1.807, 2.05) is 18.4 Å². The second-order valence-corrected chi connectivity index (χ2v) is 11.3. The molecule has 6 rings (SSSR count). The molecule has 0 N–H and O–H groups in total. The third-order valence-corrected chi connectivity index (χ3v) is 8.34. The summed E-state index contributed by atoms with van der Waals surface area (Å²) >= 11 is 0. The lowest BCUT2D eigenvalue weighted by Gasteiger charge is -2.35. The van der Waals surface area contributed by atoms with Gasteiger partial charge < -0.3 is 14.0 Å². The van der Waals surface area contributed by atoms with Crippen LogP contribution in [0.1, 0.15) is 66.8 Å². The number of carbonyl (C=O) groups is 1. The maximum Gasteiger partial charge on any atom is 0.251 e. The molecule has 1 aliphatic heterocycles. The van der Waals surface area contributed by atoms with Crippen LogP contribution in [0.4, 0.5) is 0 Å². The number of hydrogen-bond donors (Lipinski definition) is 0. The molecule has 200 valence electrons.